The van der Waals surface area contributed by atoms with Crippen LogP contribution in [0.1, 0.15) is 51.1 Å². The first kappa shape index (κ1) is 13.5. The fourth-order valence-corrected chi connectivity index (χ4v) is 3.14. The molecule has 1 fully saturated rings. The second-order valence-corrected chi connectivity index (χ2v) is 5.72. The fraction of sp³-hybridized carbons (Fsp3) is 0.857. The first-order valence-corrected chi connectivity index (χ1v) is 7.22. The average molecular weight is 251 g/mol. The molecule has 4 nitrogen and oxygen atoms in total. The van der Waals surface area contributed by atoms with Crippen molar-refractivity contribution in [3.63, 3.8) is 0 Å². The largest absolute Gasteiger partial charge is 0.392 e. The lowest BCUT2D eigenvalue weighted by Crippen LogP contribution is -2.27. The van der Waals surface area contributed by atoms with Gasteiger partial charge in [0.1, 0.15) is 0 Å². The Kier molecular flexibility index (Phi) is 4.75. The maximum atomic E-state index is 10.3. The summed E-state index contributed by atoms with van der Waals surface area (Å²) < 4.78 is 1.69. The molecule has 1 aromatic rings. The molecule has 0 spiro atoms. The minimum Gasteiger partial charge on any atom is -0.392 e. The molecule has 0 aliphatic heterocycles. The van der Waals surface area contributed by atoms with E-state index in [-0.39, 0.29) is 6.10 Å². The quantitative estimate of drug-likeness (QED) is 0.873. The van der Waals surface area contributed by atoms with Crippen molar-refractivity contribution in [3.8, 4) is 0 Å². The van der Waals surface area contributed by atoms with Gasteiger partial charge in [0.2, 0.25) is 0 Å². The van der Waals surface area contributed by atoms with Crippen LogP contribution in [0.25, 0.3) is 0 Å². The Hall–Kier alpha value is -0.900. The Balaban J connectivity index is 1.78. The molecule has 102 valence electrons. The highest BCUT2D eigenvalue weighted by molar-refractivity contribution is 4.95. The van der Waals surface area contributed by atoms with Crippen molar-refractivity contribution in [2.75, 3.05) is 0 Å². The molecule has 0 amide bonds. The van der Waals surface area contributed by atoms with Gasteiger partial charge in [-0.05, 0) is 24.7 Å². The maximum Gasteiger partial charge on any atom is 0.0852 e. The average Bonchev–Trinajstić information content (AvgIpc) is 2.76. The van der Waals surface area contributed by atoms with E-state index in [0.717, 1.165) is 11.6 Å². The first-order chi connectivity index (χ1) is 8.69. The van der Waals surface area contributed by atoms with E-state index < -0.39 is 0 Å². The van der Waals surface area contributed by atoms with Crippen molar-refractivity contribution >= 4 is 0 Å². The lowest BCUT2D eigenvalue weighted by atomic mass is 9.77. The van der Waals surface area contributed by atoms with Crippen LogP contribution < -0.4 is 0 Å². The molecular weight excluding hydrogens is 226 g/mol. The third-order valence-corrected chi connectivity index (χ3v) is 4.20. The van der Waals surface area contributed by atoms with Crippen LogP contribution in [-0.2, 0) is 13.5 Å². The summed E-state index contributed by atoms with van der Waals surface area (Å²) >= 11 is 0. The summed E-state index contributed by atoms with van der Waals surface area (Å²) in [6, 6.07) is 0. The van der Waals surface area contributed by atoms with E-state index in [4.69, 9.17) is 0 Å². The summed E-state index contributed by atoms with van der Waals surface area (Å²) in [7, 11) is 1.86. The Morgan fingerprint density at radius 1 is 1.39 bits per heavy atom. The van der Waals surface area contributed by atoms with Gasteiger partial charge in [0.25, 0.3) is 0 Å². The molecule has 0 aromatic carbocycles. The van der Waals surface area contributed by atoms with E-state index >= 15 is 0 Å². The number of aliphatic hydroxyl groups is 1. The Labute approximate surface area is 109 Å². The topological polar surface area (TPSA) is 50.9 Å². The normalized spacial score (nSPS) is 26.2. The van der Waals surface area contributed by atoms with E-state index in [0.29, 0.717) is 12.3 Å². The van der Waals surface area contributed by atoms with Gasteiger partial charge in [-0.3, -0.25) is 4.68 Å². The first-order valence-electron chi connectivity index (χ1n) is 7.22. The van der Waals surface area contributed by atoms with Crippen molar-refractivity contribution < 1.29 is 5.11 Å². The van der Waals surface area contributed by atoms with Gasteiger partial charge < -0.3 is 5.11 Å². The molecule has 1 N–H and O–H groups in total. The Bertz CT molecular complexity index is 356. The minimum atomic E-state index is -0.246. The third kappa shape index (κ3) is 3.55. The molecule has 1 aliphatic rings. The van der Waals surface area contributed by atoms with Gasteiger partial charge in [-0.25, -0.2) is 0 Å². The van der Waals surface area contributed by atoms with Crippen molar-refractivity contribution in [1.29, 1.82) is 0 Å². The summed E-state index contributed by atoms with van der Waals surface area (Å²) in [4.78, 5) is 0. The zero-order valence-electron chi connectivity index (χ0n) is 11.5. The number of aliphatic hydroxyl groups excluding tert-OH is 1. The van der Waals surface area contributed by atoms with Gasteiger partial charge in [-0.15, -0.1) is 5.10 Å². The number of aromatic nitrogens is 3. The molecule has 2 rings (SSSR count). The zero-order valence-corrected chi connectivity index (χ0v) is 11.5. The zero-order chi connectivity index (χ0) is 13.0. The molecule has 0 bridgehead atoms. The summed E-state index contributed by atoms with van der Waals surface area (Å²) in [6.07, 6.45) is 9.86. The second kappa shape index (κ2) is 6.32. The van der Waals surface area contributed by atoms with Crippen LogP contribution in [0, 0.1) is 11.8 Å². The Morgan fingerprint density at radius 2 is 2.11 bits per heavy atom. The van der Waals surface area contributed by atoms with E-state index in [1.807, 2.05) is 13.2 Å². The SMILES string of the molecule is CCCC1CCC(C(O)Cc2cn(C)nn2)CC1. The van der Waals surface area contributed by atoms with Gasteiger partial charge in [0, 0.05) is 19.7 Å². The number of rotatable bonds is 5. The number of nitrogens with zero attached hydrogens (tertiary/aromatic N) is 3. The van der Waals surface area contributed by atoms with Gasteiger partial charge in [0.15, 0.2) is 0 Å². The molecule has 4 heteroatoms. The number of aryl methyl sites for hydroxylation is 1. The third-order valence-electron chi connectivity index (χ3n) is 4.20. The summed E-state index contributed by atoms with van der Waals surface area (Å²) in [5, 5.41) is 18.2. The van der Waals surface area contributed by atoms with E-state index in [1.165, 1.54) is 38.5 Å². The summed E-state index contributed by atoms with van der Waals surface area (Å²) in [5.74, 6) is 1.36. The van der Waals surface area contributed by atoms with Crippen LogP contribution in [0.2, 0.25) is 0 Å². The van der Waals surface area contributed by atoms with Gasteiger partial charge in [-0.2, -0.15) is 0 Å². The highest BCUT2D eigenvalue weighted by Gasteiger charge is 2.26. The molecule has 1 unspecified atom stereocenters. The van der Waals surface area contributed by atoms with Crippen LogP contribution >= 0.6 is 0 Å². The van der Waals surface area contributed by atoms with Crippen LogP contribution in [0.5, 0.6) is 0 Å². The molecule has 0 saturated heterocycles. The highest BCUT2D eigenvalue weighted by atomic mass is 16.3. The summed E-state index contributed by atoms with van der Waals surface area (Å²) in [6.45, 7) is 2.26. The van der Waals surface area contributed by atoms with Gasteiger partial charge >= 0.3 is 0 Å². The molecular formula is C14H25N3O. The lowest BCUT2D eigenvalue weighted by Gasteiger charge is -2.31. The number of hydrogen-bond donors (Lipinski definition) is 1. The minimum absolute atomic E-state index is 0.246. The van der Waals surface area contributed by atoms with E-state index in [1.54, 1.807) is 4.68 Å². The number of hydrogen-bond acceptors (Lipinski definition) is 3. The predicted molar refractivity (Wildman–Crippen MR) is 71.1 cm³/mol. The van der Waals surface area contributed by atoms with Crippen molar-refractivity contribution in [1.82, 2.24) is 15.0 Å². The Morgan fingerprint density at radius 3 is 2.67 bits per heavy atom. The van der Waals surface area contributed by atoms with Crippen LogP contribution in [0.15, 0.2) is 6.20 Å². The lowest BCUT2D eigenvalue weighted by molar-refractivity contribution is 0.0720. The maximum absolute atomic E-state index is 10.3. The molecule has 18 heavy (non-hydrogen) atoms. The molecule has 1 saturated carbocycles. The fourth-order valence-electron chi connectivity index (χ4n) is 3.14. The smallest absolute Gasteiger partial charge is 0.0852 e. The molecule has 1 heterocycles. The molecule has 1 aliphatic carbocycles. The standard InChI is InChI=1S/C14H25N3O/c1-3-4-11-5-7-12(8-6-11)14(18)9-13-10-17(2)16-15-13/h10-12,14,18H,3-9H2,1-2H3. The van der Waals surface area contributed by atoms with Crippen molar-refractivity contribution in [3.05, 3.63) is 11.9 Å². The summed E-state index contributed by atoms with van der Waals surface area (Å²) in [5.41, 5.74) is 0.903. The second-order valence-electron chi connectivity index (χ2n) is 5.72. The molecule has 1 aromatic heterocycles. The van der Waals surface area contributed by atoms with Crippen LogP contribution in [0.3, 0.4) is 0 Å². The van der Waals surface area contributed by atoms with Crippen LogP contribution in [-0.4, -0.2) is 26.2 Å². The molecule has 0 radical (unpaired) electrons. The monoisotopic (exact) mass is 251 g/mol. The van der Waals surface area contributed by atoms with Gasteiger partial charge in [-0.1, -0.05) is 37.8 Å². The molecule has 1 atom stereocenters. The van der Waals surface area contributed by atoms with E-state index in [9.17, 15) is 5.11 Å². The highest BCUT2D eigenvalue weighted by Crippen LogP contribution is 2.33. The van der Waals surface area contributed by atoms with Crippen LogP contribution in [0.4, 0.5) is 0 Å². The predicted octanol–water partition coefficient (Wildman–Crippen LogP) is 2.33. The van der Waals surface area contributed by atoms with Gasteiger partial charge in [0.05, 0.1) is 11.8 Å². The van der Waals surface area contributed by atoms with Crippen molar-refractivity contribution in [2.45, 2.75) is 58.0 Å². The van der Waals surface area contributed by atoms with Crippen molar-refractivity contribution in [2.24, 2.45) is 18.9 Å². The van der Waals surface area contributed by atoms with E-state index in [2.05, 4.69) is 17.2 Å².